The molecule has 2 aliphatic heterocycles. The third-order valence-corrected chi connectivity index (χ3v) is 10.9. The number of benzene rings is 8. The Balaban J connectivity index is 1.29. The summed E-state index contributed by atoms with van der Waals surface area (Å²) in [6.45, 7) is 6.85. The van der Waals surface area contributed by atoms with Gasteiger partial charge in [0, 0.05) is 16.5 Å². The van der Waals surface area contributed by atoms with E-state index in [-0.39, 0.29) is 5.41 Å². The maximum absolute atomic E-state index is 7.18. The molecule has 0 aliphatic carbocycles. The maximum Gasteiger partial charge on any atom is 0.175 e. The van der Waals surface area contributed by atoms with Crippen LogP contribution in [0.25, 0.3) is 32.7 Å². The molecule has 244 valence electrons. The van der Waals surface area contributed by atoms with Crippen LogP contribution in [0.3, 0.4) is 0 Å². The molecule has 8 aromatic rings. The second-order valence-corrected chi connectivity index (χ2v) is 14.2. The zero-order chi connectivity index (χ0) is 34.3. The molecule has 0 saturated carbocycles. The highest BCUT2D eigenvalue weighted by molar-refractivity contribution is 6.15. The van der Waals surface area contributed by atoms with Crippen LogP contribution in [0.15, 0.2) is 164 Å². The zero-order valence-corrected chi connectivity index (χ0v) is 28.9. The standard InChI is InChI=1S/C48H36N2O/c1-31-14-13-23-44-45(31)50-41-22-12-11-21-39(41)48(2,3)40-28-29-42(47(51-44)46(40)50)49(35-26-24-33(25-27-35)32-15-5-4-6-16-32)43-30-34-17-7-8-18-36(34)37-19-9-10-20-38(37)43/h4-30H,1-3H3. The van der Waals surface area contributed by atoms with Crippen LogP contribution in [0.4, 0.5) is 34.1 Å². The lowest BCUT2D eigenvalue weighted by Crippen LogP contribution is -2.33. The van der Waals surface area contributed by atoms with Crippen molar-refractivity contribution in [3.8, 4) is 22.6 Å². The fourth-order valence-corrected chi connectivity index (χ4v) is 8.43. The maximum atomic E-state index is 7.18. The smallest absolute Gasteiger partial charge is 0.175 e. The molecule has 0 bridgehead atoms. The molecular weight excluding hydrogens is 621 g/mol. The second-order valence-electron chi connectivity index (χ2n) is 14.2. The van der Waals surface area contributed by atoms with Crippen LogP contribution in [0.1, 0.15) is 30.5 Å². The molecule has 0 radical (unpaired) electrons. The van der Waals surface area contributed by atoms with Crippen LogP contribution >= 0.6 is 0 Å². The highest BCUT2D eigenvalue weighted by atomic mass is 16.5. The van der Waals surface area contributed by atoms with Crippen molar-refractivity contribution in [3.05, 3.63) is 180 Å². The minimum absolute atomic E-state index is 0.239. The summed E-state index contributed by atoms with van der Waals surface area (Å²) in [6, 6.07) is 59.2. The van der Waals surface area contributed by atoms with Crippen LogP contribution in [0.5, 0.6) is 11.5 Å². The second kappa shape index (κ2) is 11.1. The molecule has 0 spiro atoms. The Morgan fingerprint density at radius 2 is 1.22 bits per heavy atom. The number of hydrogen-bond acceptors (Lipinski definition) is 3. The van der Waals surface area contributed by atoms with Gasteiger partial charge in [-0.1, -0.05) is 141 Å². The van der Waals surface area contributed by atoms with Crippen molar-refractivity contribution in [2.24, 2.45) is 0 Å². The van der Waals surface area contributed by atoms with Crippen molar-refractivity contribution in [2.75, 3.05) is 9.80 Å². The van der Waals surface area contributed by atoms with Gasteiger partial charge < -0.3 is 14.5 Å². The first kappa shape index (κ1) is 29.6. The van der Waals surface area contributed by atoms with E-state index in [9.17, 15) is 0 Å². The molecule has 0 unspecified atom stereocenters. The number of ether oxygens (including phenoxy) is 1. The summed E-state index contributed by atoms with van der Waals surface area (Å²) in [6.07, 6.45) is 0. The molecule has 0 N–H and O–H groups in total. The lowest BCUT2D eigenvalue weighted by molar-refractivity contribution is 0.472. The van der Waals surface area contributed by atoms with Gasteiger partial charge in [0.25, 0.3) is 0 Å². The third-order valence-electron chi connectivity index (χ3n) is 10.9. The van der Waals surface area contributed by atoms with E-state index in [4.69, 9.17) is 4.74 Å². The Morgan fingerprint density at radius 1 is 0.529 bits per heavy atom. The first-order valence-corrected chi connectivity index (χ1v) is 17.7. The summed E-state index contributed by atoms with van der Waals surface area (Å²) >= 11 is 0. The van der Waals surface area contributed by atoms with Gasteiger partial charge in [-0.05, 0) is 87.3 Å². The Hall–Kier alpha value is -6.32. The minimum atomic E-state index is -0.239. The number of nitrogens with zero attached hydrogens (tertiary/aromatic N) is 2. The number of rotatable bonds is 4. The molecule has 0 fully saturated rings. The largest absolute Gasteiger partial charge is 0.451 e. The van der Waals surface area contributed by atoms with E-state index in [2.05, 4.69) is 194 Å². The predicted octanol–water partition coefficient (Wildman–Crippen LogP) is 13.7. The first-order valence-electron chi connectivity index (χ1n) is 17.7. The molecule has 2 aliphatic rings. The molecule has 0 saturated heterocycles. The summed E-state index contributed by atoms with van der Waals surface area (Å²) in [5.41, 5.74) is 12.4. The van der Waals surface area contributed by atoms with Gasteiger partial charge in [-0.2, -0.15) is 0 Å². The van der Waals surface area contributed by atoms with Gasteiger partial charge in [-0.3, -0.25) is 0 Å². The Labute approximate surface area is 298 Å². The van der Waals surface area contributed by atoms with E-state index >= 15 is 0 Å². The molecule has 0 aromatic heterocycles. The predicted molar refractivity (Wildman–Crippen MR) is 213 cm³/mol. The first-order chi connectivity index (χ1) is 25.0. The molecule has 51 heavy (non-hydrogen) atoms. The van der Waals surface area contributed by atoms with Gasteiger partial charge in [-0.15, -0.1) is 0 Å². The lowest BCUT2D eigenvalue weighted by Gasteiger charge is -2.46. The van der Waals surface area contributed by atoms with Crippen molar-refractivity contribution in [1.82, 2.24) is 0 Å². The minimum Gasteiger partial charge on any atom is -0.451 e. The zero-order valence-electron chi connectivity index (χ0n) is 28.9. The van der Waals surface area contributed by atoms with E-state index in [1.54, 1.807) is 0 Å². The molecular formula is C48H36N2O. The van der Waals surface area contributed by atoms with Crippen molar-refractivity contribution in [1.29, 1.82) is 0 Å². The van der Waals surface area contributed by atoms with Crippen molar-refractivity contribution in [3.63, 3.8) is 0 Å². The van der Waals surface area contributed by atoms with Crippen LogP contribution in [-0.2, 0) is 5.41 Å². The summed E-state index contributed by atoms with van der Waals surface area (Å²) in [5, 5.41) is 4.85. The summed E-state index contributed by atoms with van der Waals surface area (Å²) < 4.78 is 7.18. The number of fused-ring (bicyclic) bond motifs is 7. The number of anilines is 6. The van der Waals surface area contributed by atoms with Gasteiger partial charge in [0.2, 0.25) is 0 Å². The molecule has 3 nitrogen and oxygen atoms in total. The average molecular weight is 657 g/mol. The number of aryl methyl sites for hydroxylation is 1. The average Bonchev–Trinajstić information content (AvgIpc) is 3.17. The molecule has 0 amide bonds. The molecule has 10 rings (SSSR count). The number of hydrogen-bond donors (Lipinski definition) is 0. The van der Waals surface area contributed by atoms with Crippen LogP contribution in [-0.4, -0.2) is 0 Å². The highest BCUT2D eigenvalue weighted by Gasteiger charge is 2.43. The van der Waals surface area contributed by atoms with Crippen LogP contribution in [0, 0.1) is 6.92 Å². The van der Waals surface area contributed by atoms with Crippen molar-refractivity contribution < 1.29 is 4.74 Å². The normalized spacial score (nSPS) is 13.7. The molecule has 0 atom stereocenters. The summed E-state index contributed by atoms with van der Waals surface area (Å²) in [7, 11) is 0. The van der Waals surface area contributed by atoms with Gasteiger partial charge in [0.15, 0.2) is 11.5 Å². The van der Waals surface area contributed by atoms with Gasteiger partial charge in [0.05, 0.1) is 28.4 Å². The van der Waals surface area contributed by atoms with E-state index in [1.165, 1.54) is 55.0 Å². The summed E-state index contributed by atoms with van der Waals surface area (Å²) in [4.78, 5) is 4.86. The third kappa shape index (κ3) is 4.38. The lowest BCUT2D eigenvalue weighted by atomic mass is 9.73. The quantitative estimate of drug-likeness (QED) is 0.175. The molecule has 8 aromatic carbocycles. The van der Waals surface area contributed by atoms with Crippen LogP contribution in [0.2, 0.25) is 0 Å². The van der Waals surface area contributed by atoms with E-state index in [0.29, 0.717) is 0 Å². The van der Waals surface area contributed by atoms with Crippen LogP contribution < -0.4 is 14.5 Å². The number of para-hydroxylation sites is 2. The summed E-state index contributed by atoms with van der Waals surface area (Å²) in [5.74, 6) is 1.72. The Kier molecular flexibility index (Phi) is 6.44. The SMILES string of the molecule is Cc1cccc2c1N1c3ccccc3C(C)(C)c3ccc(N(c4ccc(-c5ccccc5)cc4)c4cc5ccccc5c5ccccc45)c(c31)O2. The molecule has 3 heteroatoms. The highest BCUT2D eigenvalue weighted by Crippen LogP contribution is 2.63. The van der Waals surface area contributed by atoms with E-state index in [0.717, 1.165) is 39.9 Å². The van der Waals surface area contributed by atoms with Gasteiger partial charge in [-0.25, -0.2) is 0 Å². The topological polar surface area (TPSA) is 15.7 Å². The van der Waals surface area contributed by atoms with Crippen molar-refractivity contribution >= 4 is 55.7 Å². The van der Waals surface area contributed by atoms with Gasteiger partial charge in [0.1, 0.15) is 0 Å². The van der Waals surface area contributed by atoms with E-state index in [1.807, 2.05) is 0 Å². The molecule has 2 heterocycles. The monoisotopic (exact) mass is 656 g/mol. The fourth-order valence-electron chi connectivity index (χ4n) is 8.43. The Bertz CT molecular complexity index is 2660. The van der Waals surface area contributed by atoms with Crippen molar-refractivity contribution in [2.45, 2.75) is 26.2 Å². The Morgan fingerprint density at radius 3 is 2.04 bits per heavy atom. The van der Waals surface area contributed by atoms with E-state index < -0.39 is 0 Å². The fraction of sp³-hybridized carbons (Fsp3) is 0.0833. The van der Waals surface area contributed by atoms with Gasteiger partial charge >= 0.3 is 0 Å².